The van der Waals surface area contributed by atoms with Gasteiger partial charge in [0.1, 0.15) is 11.5 Å². The summed E-state index contributed by atoms with van der Waals surface area (Å²) in [6.07, 6.45) is 9.99. The molecule has 3 N–H and O–H groups in total. The summed E-state index contributed by atoms with van der Waals surface area (Å²) < 4.78 is 0. The van der Waals surface area contributed by atoms with Gasteiger partial charge in [0.05, 0.1) is 23.6 Å². The number of hydrogen-bond donors (Lipinski definition) is 2. The number of benzene rings is 1. The van der Waals surface area contributed by atoms with Crippen LogP contribution in [0.1, 0.15) is 62.4 Å². The molecule has 3 rings (SSSR count). The first-order valence-electron chi connectivity index (χ1n) is 10.2. The number of nitrogens with zero attached hydrogens (tertiary/aromatic N) is 3. The fraction of sp³-hybridized carbons (Fsp3) is 0.435. The Morgan fingerprint density at radius 2 is 2.07 bits per heavy atom. The number of aromatic nitrogens is 2. The van der Waals surface area contributed by atoms with Crippen LogP contribution in [0.25, 0.3) is 5.70 Å². The Bertz CT molecular complexity index is 809. The molecule has 1 heterocycles. The zero-order valence-corrected chi connectivity index (χ0v) is 17.0. The van der Waals surface area contributed by atoms with Crippen LogP contribution < -0.4 is 11.1 Å². The third-order valence-electron chi connectivity index (χ3n) is 5.44. The maximum atomic E-state index is 6.29. The molecule has 0 amide bonds. The maximum absolute atomic E-state index is 6.29. The Hall–Kier alpha value is -2.69. The topological polar surface area (TPSA) is 76.2 Å². The van der Waals surface area contributed by atoms with Crippen molar-refractivity contribution in [3.05, 3.63) is 66.3 Å². The number of rotatable bonds is 7. The van der Waals surface area contributed by atoms with Crippen molar-refractivity contribution in [3.8, 4) is 0 Å². The molecule has 0 spiro atoms. The second kappa shape index (κ2) is 9.00. The molecule has 2 atom stereocenters. The molecular weight excluding hydrogens is 346 g/mol. The van der Waals surface area contributed by atoms with Gasteiger partial charge in [-0.15, -0.1) is 0 Å². The van der Waals surface area contributed by atoms with Gasteiger partial charge >= 0.3 is 0 Å². The van der Waals surface area contributed by atoms with Crippen molar-refractivity contribution in [2.24, 2.45) is 10.7 Å². The van der Waals surface area contributed by atoms with Crippen LogP contribution in [0.4, 0.5) is 0 Å². The lowest BCUT2D eigenvalue weighted by Gasteiger charge is -2.42. The van der Waals surface area contributed by atoms with E-state index >= 15 is 0 Å². The highest BCUT2D eigenvalue weighted by atomic mass is 15.0. The van der Waals surface area contributed by atoms with Gasteiger partial charge in [-0.05, 0) is 39.0 Å². The smallest absolute Gasteiger partial charge is 0.125 e. The van der Waals surface area contributed by atoms with Gasteiger partial charge in [-0.3, -0.25) is 15.0 Å². The quantitative estimate of drug-likeness (QED) is 0.559. The molecule has 1 aromatic heterocycles. The van der Waals surface area contributed by atoms with E-state index in [1.807, 2.05) is 37.3 Å². The summed E-state index contributed by atoms with van der Waals surface area (Å²) in [7, 11) is 0. The molecule has 0 saturated heterocycles. The van der Waals surface area contributed by atoms with E-state index in [0.29, 0.717) is 5.84 Å². The summed E-state index contributed by atoms with van der Waals surface area (Å²) in [5, 5.41) is 3.70. The van der Waals surface area contributed by atoms with Crippen LogP contribution in [0.15, 0.2) is 54.3 Å². The highest BCUT2D eigenvalue weighted by molar-refractivity contribution is 5.97. The second-order valence-corrected chi connectivity index (χ2v) is 7.81. The predicted octanol–water partition coefficient (Wildman–Crippen LogP) is 4.23. The van der Waals surface area contributed by atoms with Gasteiger partial charge in [0, 0.05) is 17.3 Å². The van der Waals surface area contributed by atoms with E-state index in [1.54, 1.807) is 12.4 Å². The molecule has 0 radical (unpaired) electrons. The average molecular weight is 378 g/mol. The van der Waals surface area contributed by atoms with Crippen molar-refractivity contribution in [2.45, 2.75) is 64.0 Å². The zero-order valence-electron chi connectivity index (χ0n) is 17.0. The highest BCUT2D eigenvalue weighted by Crippen LogP contribution is 2.35. The van der Waals surface area contributed by atoms with Crippen molar-refractivity contribution in [1.82, 2.24) is 15.3 Å². The van der Waals surface area contributed by atoms with Crippen LogP contribution in [-0.4, -0.2) is 27.4 Å². The zero-order chi connectivity index (χ0) is 20.0. The van der Waals surface area contributed by atoms with Crippen molar-refractivity contribution in [2.75, 3.05) is 0 Å². The van der Waals surface area contributed by atoms with Crippen LogP contribution in [-0.2, 0) is 0 Å². The molecule has 5 heteroatoms. The van der Waals surface area contributed by atoms with Gasteiger partial charge < -0.3 is 11.1 Å². The van der Waals surface area contributed by atoms with Crippen molar-refractivity contribution in [3.63, 3.8) is 0 Å². The number of aliphatic imine (C=N–C) groups is 1. The lowest BCUT2D eigenvalue weighted by molar-refractivity contribution is 0.222. The average Bonchev–Trinajstić information content (AvgIpc) is 2.69. The van der Waals surface area contributed by atoms with Crippen LogP contribution >= 0.6 is 0 Å². The molecule has 1 aromatic carbocycles. The molecular formula is C23H31N5. The molecule has 1 saturated carbocycles. The standard InChI is InChI=1S/C23H31N5/c1-4-12-23(28-18(3)21-16-25-17(2)15-26-21)13-8-11-20(14-23)27-22(24)19-9-6-5-7-10-19/h5-7,9-10,15-16,20,28H,3-4,8,11-14H2,1-2H3,(H2,24,27). The summed E-state index contributed by atoms with van der Waals surface area (Å²) in [5.74, 6) is 0.626. The van der Waals surface area contributed by atoms with E-state index in [-0.39, 0.29) is 11.6 Å². The van der Waals surface area contributed by atoms with E-state index in [4.69, 9.17) is 10.7 Å². The van der Waals surface area contributed by atoms with E-state index in [2.05, 4.69) is 28.8 Å². The molecule has 5 nitrogen and oxygen atoms in total. The highest BCUT2D eigenvalue weighted by Gasteiger charge is 2.36. The van der Waals surface area contributed by atoms with Gasteiger partial charge in [-0.25, -0.2) is 0 Å². The summed E-state index contributed by atoms with van der Waals surface area (Å²) in [5.41, 5.74) is 9.79. The minimum absolute atomic E-state index is 0.0260. The van der Waals surface area contributed by atoms with Crippen molar-refractivity contribution < 1.29 is 0 Å². The lowest BCUT2D eigenvalue weighted by atomic mass is 9.76. The summed E-state index contributed by atoms with van der Waals surface area (Å²) in [6, 6.07) is 10.2. The first-order valence-corrected chi connectivity index (χ1v) is 10.2. The first kappa shape index (κ1) is 20.1. The van der Waals surface area contributed by atoms with Crippen molar-refractivity contribution >= 4 is 11.5 Å². The number of amidine groups is 1. The molecule has 0 aliphatic heterocycles. The minimum Gasteiger partial charge on any atom is -0.383 e. The Kier molecular flexibility index (Phi) is 6.45. The van der Waals surface area contributed by atoms with Gasteiger partial charge in [-0.1, -0.05) is 50.3 Å². The van der Waals surface area contributed by atoms with E-state index in [9.17, 15) is 0 Å². The van der Waals surface area contributed by atoms with Crippen LogP contribution in [0, 0.1) is 6.92 Å². The molecule has 1 aliphatic carbocycles. The largest absolute Gasteiger partial charge is 0.383 e. The molecule has 28 heavy (non-hydrogen) atoms. The number of hydrogen-bond acceptors (Lipinski definition) is 4. The Labute approximate surface area is 168 Å². The van der Waals surface area contributed by atoms with E-state index < -0.39 is 0 Å². The SMILES string of the molecule is C=C(NC1(CCC)CCCC(N=C(N)c2ccccc2)C1)c1cnc(C)cn1. The van der Waals surface area contributed by atoms with Gasteiger partial charge in [0.2, 0.25) is 0 Å². The number of nitrogens with two attached hydrogens (primary N) is 1. The molecule has 148 valence electrons. The summed E-state index contributed by atoms with van der Waals surface area (Å²) in [4.78, 5) is 13.7. The molecule has 2 unspecified atom stereocenters. The minimum atomic E-state index is -0.0260. The van der Waals surface area contributed by atoms with Crippen LogP contribution in [0.2, 0.25) is 0 Å². The first-order chi connectivity index (χ1) is 13.5. The second-order valence-electron chi connectivity index (χ2n) is 7.81. The Morgan fingerprint density at radius 1 is 1.29 bits per heavy atom. The number of nitrogens with one attached hydrogen (secondary N) is 1. The normalized spacial score (nSPS) is 22.6. The molecule has 1 aliphatic rings. The van der Waals surface area contributed by atoms with Crippen LogP contribution in [0.5, 0.6) is 0 Å². The van der Waals surface area contributed by atoms with Gasteiger partial charge in [0.15, 0.2) is 0 Å². The Morgan fingerprint density at radius 3 is 2.75 bits per heavy atom. The third kappa shape index (κ3) is 4.97. The summed E-state index contributed by atoms with van der Waals surface area (Å²) >= 11 is 0. The fourth-order valence-electron chi connectivity index (χ4n) is 4.14. The van der Waals surface area contributed by atoms with E-state index in [0.717, 1.165) is 61.2 Å². The predicted molar refractivity (Wildman–Crippen MR) is 116 cm³/mol. The molecule has 1 fully saturated rings. The van der Waals surface area contributed by atoms with Crippen LogP contribution in [0.3, 0.4) is 0 Å². The summed E-state index contributed by atoms with van der Waals surface area (Å²) in [6.45, 7) is 8.40. The van der Waals surface area contributed by atoms with Gasteiger partial charge in [-0.2, -0.15) is 0 Å². The monoisotopic (exact) mass is 377 g/mol. The Balaban J connectivity index is 1.76. The molecule has 0 bridgehead atoms. The number of aryl methyl sites for hydroxylation is 1. The molecule has 2 aromatic rings. The van der Waals surface area contributed by atoms with Gasteiger partial charge in [0.25, 0.3) is 0 Å². The van der Waals surface area contributed by atoms with E-state index in [1.165, 1.54) is 0 Å². The third-order valence-corrected chi connectivity index (χ3v) is 5.44. The maximum Gasteiger partial charge on any atom is 0.125 e. The fourth-order valence-corrected chi connectivity index (χ4v) is 4.14. The lowest BCUT2D eigenvalue weighted by Crippen LogP contribution is -2.49. The van der Waals surface area contributed by atoms with Crippen molar-refractivity contribution in [1.29, 1.82) is 0 Å².